The monoisotopic (exact) mass is 454 g/mol. The molecule has 172 valence electrons. The van der Waals surface area contributed by atoms with E-state index < -0.39 is 32.5 Å². The summed E-state index contributed by atoms with van der Waals surface area (Å²) in [5.74, 6) is -0.419. The fourth-order valence-corrected chi connectivity index (χ4v) is 5.86. The van der Waals surface area contributed by atoms with Crippen LogP contribution < -0.4 is 5.32 Å². The molecular formula is C19H29F3N2O5S. The highest BCUT2D eigenvalue weighted by Crippen LogP contribution is 2.34. The fourth-order valence-electron chi connectivity index (χ4n) is 3.66. The maximum atomic E-state index is 13.3. The Kier molecular flexibility index (Phi) is 7.97. The highest BCUT2D eigenvalue weighted by molar-refractivity contribution is 7.91. The van der Waals surface area contributed by atoms with E-state index in [9.17, 15) is 26.4 Å². The van der Waals surface area contributed by atoms with Crippen LogP contribution in [0.3, 0.4) is 0 Å². The molecule has 2 heterocycles. The highest BCUT2D eigenvalue weighted by atomic mass is 32.2. The van der Waals surface area contributed by atoms with E-state index in [0.29, 0.717) is 31.7 Å². The van der Waals surface area contributed by atoms with Gasteiger partial charge >= 0.3 is 12.1 Å². The molecule has 0 aliphatic carbocycles. The van der Waals surface area contributed by atoms with E-state index >= 15 is 0 Å². The molecule has 0 saturated carbocycles. The predicted octanol–water partition coefficient (Wildman–Crippen LogP) is 2.50. The standard InChI is InChI=1S/C19H29F3N2O5S/c1-14(19(20,21)22)4-5-15(2)29-16-6-12-24(13-7-16)30(26,27)18(17(25)28-3)8-10-23-11-9-18/h4-5,16,23H,6-13H2,1-3H3/b14-4+,15-5+. The number of alkyl halides is 3. The first-order valence-corrected chi connectivity index (χ1v) is 11.3. The van der Waals surface area contributed by atoms with Gasteiger partial charge in [-0.3, -0.25) is 4.79 Å². The van der Waals surface area contributed by atoms with E-state index in [1.54, 1.807) is 6.92 Å². The molecule has 11 heteroatoms. The molecule has 0 aromatic carbocycles. The number of carbonyl (C=O) groups is 1. The number of halogens is 3. The van der Waals surface area contributed by atoms with Crippen molar-refractivity contribution >= 4 is 16.0 Å². The number of esters is 1. The van der Waals surface area contributed by atoms with Gasteiger partial charge in [-0.15, -0.1) is 0 Å². The summed E-state index contributed by atoms with van der Waals surface area (Å²) >= 11 is 0. The zero-order valence-corrected chi connectivity index (χ0v) is 18.2. The van der Waals surface area contributed by atoms with Crippen molar-refractivity contribution in [1.82, 2.24) is 9.62 Å². The lowest BCUT2D eigenvalue weighted by atomic mass is 9.97. The quantitative estimate of drug-likeness (QED) is 0.377. The Labute approximate surface area is 175 Å². The van der Waals surface area contributed by atoms with Crippen molar-refractivity contribution in [2.24, 2.45) is 0 Å². The SMILES string of the molecule is COC(=O)C1(S(=O)(=O)N2CCC(O/C(C)=C/C=C(\C)C(F)(F)F)CC2)CCNCC1. The highest BCUT2D eigenvalue weighted by Gasteiger charge is 2.55. The number of allylic oxidation sites excluding steroid dienone is 4. The number of nitrogens with one attached hydrogen (secondary N) is 1. The first-order valence-electron chi connectivity index (χ1n) is 9.82. The van der Waals surface area contributed by atoms with Crippen molar-refractivity contribution in [1.29, 1.82) is 0 Å². The minimum atomic E-state index is -4.39. The molecule has 0 aromatic heterocycles. The predicted molar refractivity (Wildman–Crippen MR) is 105 cm³/mol. The summed E-state index contributed by atoms with van der Waals surface area (Å²) in [5, 5.41) is 3.06. The average molecular weight is 455 g/mol. The average Bonchev–Trinajstić information content (AvgIpc) is 2.71. The van der Waals surface area contributed by atoms with E-state index in [2.05, 4.69) is 5.32 Å². The lowest BCUT2D eigenvalue weighted by molar-refractivity contribution is -0.144. The molecule has 7 nitrogen and oxygen atoms in total. The zero-order valence-electron chi connectivity index (χ0n) is 17.4. The minimum Gasteiger partial charge on any atom is -0.495 e. The minimum absolute atomic E-state index is 0.144. The molecule has 1 N–H and O–H groups in total. The van der Waals surface area contributed by atoms with Crippen LogP contribution >= 0.6 is 0 Å². The van der Waals surface area contributed by atoms with Crippen molar-refractivity contribution in [2.45, 2.75) is 56.6 Å². The number of ether oxygens (including phenoxy) is 2. The van der Waals surface area contributed by atoms with Crippen LogP contribution in [0.15, 0.2) is 23.5 Å². The van der Waals surface area contributed by atoms with E-state index in [1.807, 2.05) is 0 Å². The zero-order chi connectivity index (χ0) is 22.6. The molecule has 2 aliphatic heterocycles. The third kappa shape index (κ3) is 5.36. The summed E-state index contributed by atoms with van der Waals surface area (Å²) in [6.07, 6.45) is -1.45. The van der Waals surface area contributed by atoms with Gasteiger partial charge in [-0.1, -0.05) is 6.08 Å². The Hall–Kier alpha value is -1.59. The summed E-state index contributed by atoms with van der Waals surface area (Å²) in [4.78, 5) is 12.4. The van der Waals surface area contributed by atoms with Crippen molar-refractivity contribution in [3.05, 3.63) is 23.5 Å². The van der Waals surface area contributed by atoms with Gasteiger partial charge in [-0.2, -0.15) is 13.2 Å². The topological polar surface area (TPSA) is 84.9 Å². The Bertz CT molecular complexity index is 778. The summed E-state index contributed by atoms with van der Waals surface area (Å²) in [6.45, 7) is 3.69. The Morgan fingerprint density at radius 2 is 1.70 bits per heavy atom. The maximum absolute atomic E-state index is 13.3. The van der Waals surface area contributed by atoms with Gasteiger partial charge in [0.2, 0.25) is 10.0 Å². The number of nitrogens with zero attached hydrogens (tertiary/aromatic N) is 1. The van der Waals surface area contributed by atoms with E-state index in [0.717, 1.165) is 13.0 Å². The molecule has 2 rings (SSSR count). The second kappa shape index (κ2) is 9.69. The molecule has 0 aromatic rings. The maximum Gasteiger partial charge on any atom is 0.412 e. The summed E-state index contributed by atoms with van der Waals surface area (Å²) < 4.78 is 74.4. The van der Waals surface area contributed by atoms with Gasteiger partial charge in [0.15, 0.2) is 4.75 Å². The fraction of sp³-hybridized carbons (Fsp3) is 0.737. The number of methoxy groups -OCH3 is 1. The van der Waals surface area contributed by atoms with Crippen molar-refractivity contribution in [2.75, 3.05) is 33.3 Å². The number of hydrogen-bond donors (Lipinski definition) is 1. The molecule has 2 saturated heterocycles. The van der Waals surface area contributed by atoms with Crippen LogP contribution in [0.5, 0.6) is 0 Å². The van der Waals surface area contributed by atoms with E-state index in [4.69, 9.17) is 9.47 Å². The van der Waals surface area contributed by atoms with Crippen LogP contribution in [0.4, 0.5) is 13.2 Å². The molecule has 0 atom stereocenters. The van der Waals surface area contributed by atoms with Gasteiger partial charge < -0.3 is 14.8 Å². The number of carbonyl (C=O) groups excluding carboxylic acids is 1. The van der Waals surface area contributed by atoms with Crippen LogP contribution in [0.25, 0.3) is 0 Å². The van der Waals surface area contributed by atoms with Gasteiger partial charge in [0.05, 0.1) is 12.9 Å². The number of rotatable bonds is 6. The first-order chi connectivity index (χ1) is 13.9. The van der Waals surface area contributed by atoms with Crippen molar-refractivity contribution in [3.8, 4) is 0 Å². The van der Waals surface area contributed by atoms with Crippen LogP contribution in [-0.4, -0.2) is 69.0 Å². The second-order valence-electron chi connectivity index (χ2n) is 7.58. The molecule has 30 heavy (non-hydrogen) atoms. The molecular weight excluding hydrogens is 425 g/mol. The number of piperidine rings is 2. The third-order valence-corrected chi connectivity index (χ3v) is 8.18. The van der Waals surface area contributed by atoms with Gasteiger partial charge in [0.25, 0.3) is 0 Å². The molecule has 0 radical (unpaired) electrons. The van der Waals surface area contributed by atoms with E-state index in [1.165, 1.54) is 17.5 Å². The van der Waals surface area contributed by atoms with Crippen LogP contribution in [0, 0.1) is 0 Å². The molecule has 0 bridgehead atoms. The van der Waals surface area contributed by atoms with Gasteiger partial charge in [-0.05, 0) is 58.7 Å². The smallest absolute Gasteiger partial charge is 0.412 e. The lowest BCUT2D eigenvalue weighted by Gasteiger charge is -2.40. The summed E-state index contributed by atoms with van der Waals surface area (Å²) in [6, 6.07) is 0. The first kappa shape index (κ1) is 24.7. The third-order valence-electron chi connectivity index (χ3n) is 5.57. The van der Waals surface area contributed by atoms with Gasteiger partial charge in [0.1, 0.15) is 6.10 Å². The Morgan fingerprint density at radius 3 is 2.20 bits per heavy atom. The molecule has 2 aliphatic rings. The molecule has 0 unspecified atom stereocenters. The summed E-state index contributed by atoms with van der Waals surface area (Å²) in [5.41, 5.74) is -0.735. The molecule has 2 fully saturated rings. The van der Waals surface area contributed by atoms with Gasteiger partial charge in [0, 0.05) is 18.7 Å². The van der Waals surface area contributed by atoms with Crippen molar-refractivity contribution in [3.63, 3.8) is 0 Å². The van der Waals surface area contributed by atoms with Gasteiger partial charge in [-0.25, -0.2) is 12.7 Å². The van der Waals surface area contributed by atoms with Crippen LogP contribution in [0.1, 0.15) is 39.5 Å². The Morgan fingerprint density at radius 1 is 1.13 bits per heavy atom. The second-order valence-corrected chi connectivity index (χ2v) is 9.83. The van der Waals surface area contributed by atoms with Crippen molar-refractivity contribution < 1.29 is 35.9 Å². The normalized spacial score (nSPS) is 22.6. The van der Waals surface area contributed by atoms with Crippen LogP contribution in [0.2, 0.25) is 0 Å². The van der Waals surface area contributed by atoms with E-state index in [-0.39, 0.29) is 32.0 Å². The van der Waals surface area contributed by atoms with Crippen LogP contribution in [-0.2, 0) is 24.3 Å². The number of hydrogen-bond acceptors (Lipinski definition) is 6. The number of sulfonamides is 1. The Balaban J connectivity index is 2.03. The lowest BCUT2D eigenvalue weighted by Crippen LogP contribution is -2.59. The summed E-state index contributed by atoms with van der Waals surface area (Å²) in [7, 11) is -2.75. The molecule has 0 amide bonds. The molecule has 0 spiro atoms. The largest absolute Gasteiger partial charge is 0.495 e.